The Morgan fingerprint density at radius 3 is 2.14 bits per heavy atom. The van der Waals surface area contributed by atoms with Crippen molar-refractivity contribution in [1.82, 2.24) is 0 Å². The summed E-state index contributed by atoms with van der Waals surface area (Å²) in [4.78, 5) is 11.9. The number of carbonyl (C=O) groups excluding carboxylic acids is 1. The van der Waals surface area contributed by atoms with E-state index in [2.05, 4.69) is 15.9 Å². The number of hydrogen-bond acceptors (Lipinski definition) is 3. The van der Waals surface area contributed by atoms with Crippen LogP contribution in [0.5, 0.6) is 0 Å². The lowest BCUT2D eigenvalue weighted by Gasteiger charge is -1.99. The number of rotatable bonds is 4. The first-order chi connectivity index (χ1) is 9.88. The molecule has 0 heterocycles. The second-order valence-electron chi connectivity index (χ2n) is 4.17. The average molecular weight is 369 g/mol. The first-order valence-corrected chi connectivity index (χ1v) is 8.21. The van der Waals surface area contributed by atoms with Crippen LogP contribution in [-0.4, -0.2) is 14.2 Å². The highest BCUT2D eigenvalue weighted by molar-refractivity contribution is 9.10. The van der Waals surface area contributed by atoms with Gasteiger partial charge in [-0.05, 0) is 54.6 Å². The van der Waals surface area contributed by atoms with Crippen molar-refractivity contribution in [1.29, 1.82) is 0 Å². The molecular weight excluding hydrogens is 359 g/mol. The molecular formula is C15H10BrFO3S. The van der Waals surface area contributed by atoms with Crippen LogP contribution in [0.4, 0.5) is 4.39 Å². The van der Waals surface area contributed by atoms with Gasteiger partial charge in [-0.1, -0.05) is 15.9 Å². The normalized spacial score (nSPS) is 11.7. The molecule has 21 heavy (non-hydrogen) atoms. The lowest BCUT2D eigenvalue weighted by molar-refractivity contribution is 0.104. The molecule has 0 atom stereocenters. The van der Waals surface area contributed by atoms with E-state index in [0.717, 1.165) is 28.1 Å². The Kier molecular flexibility index (Phi) is 4.69. The summed E-state index contributed by atoms with van der Waals surface area (Å²) in [6.07, 6.45) is 0.963. The third-order valence-corrected chi connectivity index (χ3v) is 4.62. The Morgan fingerprint density at radius 2 is 1.57 bits per heavy atom. The van der Waals surface area contributed by atoms with Crippen LogP contribution in [0.1, 0.15) is 10.4 Å². The van der Waals surface area contributed by atoms with E-state index in [1.165, 1.54) is 24.3 Å². The number of halogens is 2. The molecule has 0 saturated carbocycles. The lowest BCUT2D eigenvalue weighted by atomic mass is 10.1. The maximum absolute atomic E-state index is 12.8. The number of benzene rings is 2. The Hall–Kier alpha value is -1.79. The predicted molar refractivity (Wildman–Crippen MR) is 81.2 cm³/mol. The van der Waals surface area contributed by atoms with E-state index in [-0.39, 0.29) is 10.5 Å². The van der Waals surface area contributed by atoms with Crippen molar-refractivity contribution >= 4 is 31.6 Å². The SMILES string of the molecule is O=C(/C=C/S(=O)(=O)c1ccc(Br)cc1)c1ccc(F)cc1. The third-order valence-electron chi connectivity index (χ3n) is 2.67. The summed E-state index contributed by atoms with van der Waals surface area (Å²) < 4.78 is 37.5. The minimum absolute atomic E-state index is 0.0915. The molecule has 0 aromatic heterocycles. The van der Waals surface area contributed by atoms with E-state index in [1.807, 2.05) is 0 Å². The molecule has 0 amide bonds. The van der Waals surface area contributed by atoms with Crippen LogP contribution < -0.4 is 0 Å². The van der Waals surface area contributed by atoms with Crippen molar-refractivity contribution in [2.24, 2.45) is 0 Å². The average Bonchev–Trinajstić information content (AvgIpc) is 2.46. The Labute approximate surface area is 130 Å². The predicted octanol–water partition coefficient (Wildman–Crippen LogP) is 3.76. The van der Waals surface area contributed by atoms with Crippen molar-refractivity contribution in [2.45, 2.75) is 4.90 Å². The van der Waals surface area contributed by atoms with Gasteiger partial charge in [0.25, 0.3) is 0 Å². The molecule has 0 bridgehead atoms. The summed E-state index contributed by atoms with van der Waals surface area (Å²) in [6, 6.07) is 11.0. The zero-order valence-electron chi connectivity index (χ0n) is 10.7. The Bertz CT molecular complexity index is 779. The zero-order chi connectivity index (χ0) is 15.5. The molecule has 0 spiro atoms. The molecule has 0 aliphatic carbocycles. The Balaban J connectivity index is 2.21. The van der Waals surface area contributed by atoms with E-state index in [9.17, 15) is 17.6 Å². The summed E-state index contributed by atoms with van der Waals surface area (Å²) in [5.74, 6) is -0.964. The van der Waals surface area contributed by atoms with E-state index in [0.29, 0.717) is 0 Å². The number of ketones is 1. The fourth-order valence-corrected chi connectivity index (χ4v) is 2.80. The van der Waals surface area contributed by atoms with E-state index >= 15 is 0 Å². The number of sulfone groups is 1. The second-order valence-corrected chi connectivity index (χ2v) is 6.92. The molecule has 108 valence electrons. The minimum atomic E-state index is -3.68. The fraction of sp³-hybridized carbons (Fsp3) is 0. The summed E-state index contributed by atoms with van der Waals surface area (Å²) in [5.41, 5.74) is 0.221. The largest absolute Gasteiger partial charge is 0.289 e. The Morgan fingerprint density at radius 1 is 1.00 bits per heavy atom. The van der Waals surface area contributed by atoms with E-state index < -0.39 is 21.4 Å². The molecule has 0 radical (unpaired) electrons. The summed E-state index contributed by atoms with van der Waals surface area (Å²) in [5, 5.41) is 0.849. The van der Waals surface area contributed by atoms with Crippen LogP contribution >= 0.6 is 15.9 Å². The topological polar surface area (TPSA) is 51.2 Å². The van der Waals surface area contributed by atoms with Gasteiger partial charge in [-0.25, -0.2) is 12.8 Å². The van der Waals surface area contributed by atoms with E-state index in [1.54, 1.807) is 12.1 Å². The first kappa shape index (κ1) is 15.6. The summed E-state index contributed by atoms with van der Waals surface area (Å²) in [6.45, 7) is 0. The van der Waals surface area contributed by atoms with Gasteiger partial charge in [0.05, 0.1) is 4.90 Å². The summed E-state index contributed by atoms with van der Waals surface area (Å²) in [7, 11) is -3.68. The van der Waals surface area contributed by atoms with Crippen molar-refractivity contribution in [3.63, 3.8) is 0 Å². The molecule has 0 saturated heterocycles. The molecule has 6 heteroatoms. The van der Waals surface area contributed by atoms with Gasteiger partial charge in [0, 0.05) is 15.4 Å². The van der Waals surface area contributed by atoms with Crippen LogP contribution in [0.3, 0.4) is 0 Å². The van der Waals surface area contributed by atoms with Gasteiger partial charge in [0.2, 0.25) is 0 Å². The molecule has 2 aromatic carbocycles. The van der Waals surface area contributed by atoms with Gasteiger partial charge in [-0.3, -0.25) is 4.79 Å². The molecule has 0 aliphatic rings. The maximum atomic E-state index is 12.8. The monoisotopic (exact) mass is 368 g/mol. The standard InChI is InChI=1S/C15H10BrFO3S/c16-12-3-7-14(8-4-12)21(19,20)10-9-15(18)11-1-5-13(17)6-2-11/h1-10H/b10-9+. The van der Waals surface area contributed by atoms with Gasteiger partial charge in [-0.15, -0.1) is 0 Å². The smallest absolute Gasteiger partial charge is 0.199 e. The number of allylic oxidation sites excluding steroid dienone is 1. The molecule has 3 nitrogen and oxygen atoms in total. The van der Waals surface area contributed by atoms with Gasteiger partial charge in [0.15, 0.2) is 15.6 Å². The van der Waals surface area contributed by atoms with Crippen LogP contribution in [0.25, 0.3) is 0 Å². The quantitative estimate of drug-likeness (QED) is 0.609. The highest BCUT2D eigenvalue weighted by atomic mass is 79.9. The molecule has 0 aliphatic heterocycles. The second kappa shape index (κ2) is 6.32. The highest BCUT2D eigenvalue weighted by Crippen LogP contribution is 2.17. The fourth-order valence-electron chi connectivity index (χ4n) is 1.56. The van der Waals surface area contributed by atoms with Crippen molar-refractivity contribution in [3.8, 4) is 0 Å². The molecule has 0 fully saturated rings. The maximum Gasteiger partial charge on any atom is 0.199 e. The molecule has 2 aromatic rings. The molecule has 2 rings (SSSR count). The number of carbonyl (C=O) groups is 1. The van der Waals surface area contributed by atoms with Gasteiger partial charge in [-0.2, -0.15) is 0 Å². The first-order valence-electron chi connectivity index (χ1n) is 5.87. The van der Waals surface area contributed by atoms with Crippen LogP contribution in [0.2, 0.25) is 0 Å². The van der Waals surface area contributed by atoms with Crippen molar-refractivity contribution in [2.75, 3.05) is 0 Å². The lowest BCUT2D eigenvalue weighted by Crippen LogP contribution is -1.99. The number of hydrogen-bond donors (Lipinski definition) is 0. The van der Waals surface area contributed by atoms with Crippen molar-refractivity contribution < 1.29 is 17.6 Å². The van der Waals surface area contributed by atoms with Crippen LogP contribution in [0.15, 0.2) is 69.4 Å². The van der Waals surface area contributed by atoms with Gasteiger partial charge < -0.3 is 0 Å². The van der Waals surface area contributed by atoms with Crippen molar-refractivity contribution in [3.05, 3.63) is 75.9 Å². The van der Waals surface area contributed by atoms with Gasteiger partial charge in [0.1, 0.15) is 5.82 Å². The van der Waals surface area contributed by atoms with Crippen LogP contribution in [0, 0.1) is 5.82 Å². The van der Waals surface area contributed by atoms with E-state index in [4.69, 9.17) is 0 Å². The summed E-state index contributed by atoms with van der Waals surface area (Å²) >= 11 is 3.21. The molecule has 0 unspecified atom stereocenters. The molecule has 0 N–H and O–H groups in total. The third kappa shape index (κ3) is 4.09. The van der Waals surface area contributed by atoms with Gasteiger partial charge >= 0.3 is 0 Å². The van der Waals surface area contributed by atoms with Crippen LogP contribution in [-0.2, 0) is 9.84 Å². The highest BCUT2D eigenvalue weighted by Gasteiger charge is 2.11. The zero-order valence-corrected chi connectivity index (χ0v) is 13.1. The minimum Gasteiger partial charge on any atom is -0.289 e.